The lowest BCUT2D eigenvalue weighted by molar-refractivity contribution is -0.870. The maximum Gasteiger partial charge on any atom is 0.472 e. The molecule has 1 atom stereocenters. The fraction of sp³-hybridized carbons (Fsp3) is 0.793. The summed E-state index contributed by atoms with van der Waals surface area (Å²) in [7, 11) is 2.16. The summed E-state index contributed by atoms with van der Waals surface area (Å²) in [6.45, 7) is 1.20. The van der Waals surface area contributed by atoms with Gasteiger partial charge < -0.3 is 9.38 Å². The standard InChI is InChI=1S/C29H53INO4P/c1-31(2,3)25-27-35-36(32,33)34-26-19-17-15-13-11-9-7-5-4-6-8-10-12-14-16-18-20-28-21-23-29(30)24-22-28/h21-24H,4-20,25-27H2,1-3H3/p+1/i30-3. The van der Waals surface area contributed by atoms with Crippen molar-refractivity contribution < 1.29 is 23.0 Å². The molecule has 1 aromatic rings. The SMILES string of the molecule is C[N+](C)(C)CCOP(=O)(O)OCCCCCCCCCCCCCCCCCCc1ccc([124I])cc1. The Kier molecular flexibility index (Phi) is 19.8. The number of phosphoric ester groups is 1. The van der Waals surface area contributed by atoms with Gasteiger partial charge in [-0.15, -0.1) is 0 Å². The summed E-state index contributed by atoms with van der Waals surface area (Å²) in [5.41, 5.74) is 1.48. The van der Waals surface area contributed by atoms with Crippen molar-refractivity contribution in [1.29, 1.82) is 0 Å². The van der Waals surface area contributed by atoms with Crippen LogP contribution in [-0.2, 0) is 20.0 Å². The normalized spacial score (nSPS) is 13.7. The van der Waals surface area contributed by atoms with Crippen LogP contribution >= 0.6 is 30.4 Å². The number of phosphoric acid groups is 1. The topological polar surface area (TPSA) is 55.8 Å². The van der Waals surface area contributed by atoms with E-state index < -0.39 is 7.82 Å². The van der Waals surface area contributed by atoms with Gasteiger partial charge in [-0.05, 0) is 59.5 Å². The number of unbranched alkanes of at least 4 members (excludes halogenated alkanes) is 15. The molecule has 0 amide bonds. The molecule has 1 N–H and O–H groups in total. The molecule has 0 heterocycles. The first-order valence-electron chi connectivity index (χ1n) is 14.3. The Morgan fingerprint density at radius 1 is 0.667 bits per heavy atom. The predicted octanol–water partition coefficient (Wildman–Crippen LogP) is 8.92. The molecule has 0 saturated carbocycles. The molecule has 0 bridgehead atoms. The molecule has 0 aliphatic heterocycles. The van der Waals surface area contributed by atoms with Gasteiger partial charge >= 0.3 is 7.82 Å². The van der Waals surface area contributed by atoms with Crippen LogP contribution in [0.1, 0.15) is 108 Å². The zero-order valence-electron chi connectivity index (χ0n) is 23.4. The Balaban J connectivity index is 1.76. The summed E-state index contributed by atoms with van der Waals surface area (Å²) in [5.74, 6) is 0. The summed E-state index contributed by atoms with van der Waals surface area (Å²) in [4.78, 5) is 9.69. The van der Waals surface area contributed by atoms with Gasteiger partial charge in [-0.25, -0.2) is 4.57 Å². The molecular formula is C29H54INO4P+. The number of hydrogen-bond donors (Lipinski definition) is 1. The van der Waals surface area contributed by atoms with E-state index in [0.29, 0.717) is 17.6 Å². The monoisotopic (exact) mass is 635 g/mol. The van der Waals surface area contributed by atoms with Gasteiger partial charge in [-0.2, -0.15) is 0 Å². The van der Waals surface area contributed by atoms with Crippen molar-refractivity contribution >= 4 is 30.4 Å². The summed E-state index contributed by atoms with van der Waals surface area (Å²) >= 11 is 2.37. The van der Waals surface area contributed by atoms with Crippen molar-refractivity contribution in [3.63, 3.8) is 0 Å². The molecule has 5 nitrogen and oxygen atoms in total. The number of hydrogen-bond acceptors (Lipinski definition) is 3. The second-order valence-corrected chi connectivity index (χ2v) is 13.9. The number of likely N-dealkylation sites (N-methyl/N-ethyl adjacent to an activating group) is 1. The van der Waals surface area contributed by atoms with Gasteiger partial charge in [-0.1, -0.05) is 102 Å². The molecule has 0 fully saturated rings. The van der Waals surface area contributed by atoms with E-state index in [9.17, 15) is 9.46 Å². The zero-order chi connectivity index (χ0) is 26.5. The van der Waals surface area contributed by atoms with Crippen molar-refractivity contribution in [2.75, 3.05) is 40.9 Å². The van der Waals surface area contributed by atoms with Crippen LogP contribution in [0.25, 0.3) is 0 Å². The molecule has 0 aliphatic carbocycles. The number of quaternary nitrogens is 1. The Labute approximate surface area is 236 Å². The summed E-state index contributed by atoms with van der Waals surface area (Å²) in [6, 6.07) is 8.95. The molecule has 210 valence electrons. The highest BCUT2D eigenvalue weighted by atomic mass is 124. The molecule has 0 radical (unpaired) electrons. The zero-order valence-corrected chi connectivity index (χ0v) is 26.4. The van der Waals surface area contributed by atoms with E-state index in [1.165, 1.54) is 105 Å². The van der Waals surface area contributed by atoms with Gasteiger partial charge in [0.1, 0.15) is 13.2 Å². The third-order valence-corrected chi connectivity index (χ3v) is 8.28. The minimum atomic E-state index is -3.89. The number of halogens is 1. The van der Waals surface area contributed by atoms with Crippen LogP contribution in [0.15, 0.2) is 24.3 Å². The smallest absolute Gasteiger partial charge is 0.329 e. The number of rotatable bonds is 24. The van der Waals surface area contributed by atoms with E-state index in [-0.39, 0.29) is 6.61 Å². The van der Waals surface area contributed by atoms with Crippen molar-refractivity contribution in [3.8, 4) is 0 Å². The van der Waals surface area contributed by atoms with E-state index in [1.54, 1.807) is 0 Å². The second-order valence-electron chi connectivity index (χ2n) is 11.2. The number of benzene rings is 1. The predicted molar refractivity (Wildman–Crippen MR) is 161 cm³/mol. The average Bonchev–Trinajstić information content (AvgIpc) is 2.80. The van der Waals surface area contributed by atoms with Crippen LogP contribution in [0.4, 0.5) is 0 Å². The first-order chi connectivity index (χ1) is 17.2. The van der Waals surface area contributed by atoms with E-state index in [0.717, 1.165) is 12.8 Å². The highest BCUT2D eigenvalue weighted by Gasteiger charge is 2.21. The van der Waals surface area contributed by atoms with Crippen LogP contribution < -0.4 is 0 Å². The quantitative estimate of drug-likeness (QED) is 0.0534. The molecule has 1 rings (SSSR count). The van der Waals surface area contributed by atoms with Gasteiger partial charge in [0.25, 0.3) is 0 Å². The molecule has 7 heteroatoms. The Morgan fingerprint density at radius 2 is 1.06 bits per heavy atom. The lowest BCUT2D eigenvalue weighted by Crippen LogP contribution is -2.37. The first kappa shape index (κ1) is 34.0. The third-order valence-electron chi connectivity index (χ3n) is 6.54. The van der Waals surface area contributed by atoms with Gasteiger partial charge in [-0.3, -0.25) is 9.05 Å². The Morgan fingerprint density at radius 3 is 1.50 bits per heavy atom. The van der Waals surface area contributed by atoms with E-state index >= 15 is 0 Å². The molecule has 0 aliphatic rings. The van der Waals surface area contributed by atoms with Gasteiger partial charge in [0.05, 0.1) is 27.7 Å². The van der Waals surface area contributed by atoms with E-state index in [2.05, 4.69) is 46.9 Å². The fourth-order valence-corrected chi connectivity index (χ4v) is 5.31. The fourth-order valence-electron chi connectivity index (χ4n) is 4.20. The summed E-state index contributed by atoms with van der Waals surface area (Å²) in [5, 5.41) is 0. The lowest BCUT2D eigenvalue weighted by Gasteiger charge is -2.24. The van der Waals surface area contributed by atoms with Crippen LogP contribution in [0.3, 0.4) is 0 Å². The maximum absolute atomic E-state index is 11.8. The minimum Gasteiger partial charge on any atom is -0.329 e. The Bertz CT molecular complexity index is 694. The highest BCUT2D eigenvalue weighted by Crippen LogP contribution is 2.43. The largest absolute Gasteiger partial charge is 0.472 e. The van der Waals surface area contributed by atoms with Crippen LogP contribution in [0.2, 0.25) is 0 Å². The van der Waals surface area contributed by atoms with Crippen molar-refractivity contribution in [2.24, 2.45) is 0 Å². The van der Waals surface area contributed by atoms with Crippen molar-refractivity contribution in [3.05, 3.63) is 33.4 Å². The van der Waals surface area contributed by atoms with Gasteiger partial charge in [0.2, 0.25) is 0 Å². The number of nitrogens with zero attached hydrogens (tertiary/aromatic N) is 1. The Hall–Kier alpha value is 0.0200. The maximum atomic E-state index is 11.8. The van der Waals surface area contributed by atoms with Crippen molar-refractivity contribution in [2.45, 2.75) is 109 Å². The second kappa shape index (κ2) is 20.9. The number of aryl methyl sites for hydroxylation is 1. The van der Waals surface area contributed by atoms with Gasteiger partial charge in [0.15, 0.2) is 0 Å². The summed E-state index contributed by atoms with van der Waals surface area (Å²) < 4.78 is 23.9. The molecule has 0 spiro atoms. The first-order valence-corrected chi connectivity index (χ1v) is 16.9. The minimum absolute atomic E-state index is 0.229. The molecular weight excluding hydrogens is 581 g/mol. The molecule has 1 unspecified atom stereocenters. The molecule has 0 saturated heterocycles. The van der Waals surface area contributed by atoms with Gasteiger partial charge in [0, 0.05) is 3.57 Å². The van der Waals surface area contributed by atoms with Crippen LogP contribution in [-0.4, -0.2) is 50.3 Å². The average molecular weight is 636 g/mol. The van der Waals surface area contributed by atoms with Crippen LogP contribution in [0, 0.1) is 3.57 Å². The van der Waals surface area contributed by atoms with Crippen LogP contribution in [0.5, 0.6) is 0 Å². The molecule has 36 heavy (non-hydrogen) atoms. The summed E-state index contributed by atoms with van der Waals surface area (Å²) in [6.07, 6.45) is 22.0. The van der Waals surface area contributed by atoms with Crippen molar-refractivity contribution in [1.82, 2.24) is 0 Å². The highest BCUT2D eigenvalue weighted by molar-refractivity contribution is 14.1. The van der Waals surface area contributed by atoms with E-state index in [1.807, 2.05) is 21.1 Å². The lowest BCUT2D eigenvalue weighted by atomic mass is 10.0. The van der Waals surface area contributed by atoms with E-state index in [4.69, 9.17) is 9.05 Å². The molecule has 1 aromatic carbocycles. The third kappa shape index (κ3) is 22.0. The molecule has 0 aromatic heterocycles.